The fraction of sp³-hybridized carbons (Fsp3) is 0.524. The van der Waals surface area contributed by atoms with Crippen LogP contribution in [0.1, 0.15) is 37.1 Å². The number of hydrogen-bond acceptors (Lipinski definition) is 7. The molecule has 2 heterocycles. The fourth-order valence-electron chi connectivity index (χ4n) is 4.63. The van der Waals surface area contributed by atoms with Crippen LogP contribution in [0.5, 0.6) is 0 Å². The van der Waals surface area contributed by atoms with Crippen molar-refractivity contribution in [2.75, 3.05) is 18.0 Å². The highest BCUT2D eigenvalue weighted by Gasteiger charge is 2.46. The summed E-state index contributed by atoms with van der Waals surface area (Å²) >= 11 is 13.8. The lowest BCUT2D eigenvalue weighted by Gasteiger charge is -2.42. The smallest absolute Gasteiger partial charge is 0.153 e. The van der Waals surface area contributed by atoms with Gasteiger partial charge in [0.2, 0.25) is 0 Å². The van der Waals surface area contributed by atoms with Crippen molar-refractivity contribution in [3.05, 3.63) is 39.6 Å². The highest BCUT2D eigenvalue weighted by Crippen LogP contribution is 2.46. The zero-order valence-corrected chi connectivity index (χ0v) is 19.1. The number of nitrogens with two attached hydrogens (primary N) is 1. The Morgan fingerprint density at radius 2 is 2.00 bits per heavy atom. The number of hydrogen-bond donors (Lipinski definition) is 3. The molecule has 1 aliphatic carbocycles. The van der Waals surface area contributed by atoms with Crippen LogP contribution >= 0.6 is 35.0 Å². The number of benzene rings is 1. The number of aromatic nitrogens is 2. The third-order valence-electron chi connectivity index (χ3n) is 6.36. The van der Waals surface area contributed by atoms with E-state index in [9.17, 15) is 10.2 Å². The van der Waals surface area contributed by atoms with Gasteiger partial charge in [0.25, 0.3) is 0 Å². The molecule has 0 bridgehead atoms. The van der Waals surface area contributed by atoms with E-state index in [1.54, 1.807) is 6.07 Å². The maximum atomic E-state index is 10.0. The lowest BCUT2D eigenvalue weighted by atomic mass is 9.74. The number of halogens is 2. The lowest BCUT2D eigenvalue weighted by Crippen LogP contribution is -2.47. The molecule has 1 aromatic carbocycles. The highest BCUT2D eigenvalue weighted by molar-refractivity contribution is 7.99. The molecule has 2 aromatic rings. The molecule has 1 saturated carbocycles. The topological polar surface area (TPSA) is 95.5 Å². The van der Waals surface area contributed by atoms with Crippen molar-refractivity contribution in [1.29, 1.82) is 0 Å². The van der Waals surface area contributed by atoms with Gasteiger partial charge < -0.3 is 20.8 Å². The monoisotopic (exact) mass is 468 g/mol. The third-order valence-corrected chi connectivity index (χ3v) is 8.43. The number of aliphatic hydroxyl groups excluding tert-OH is 2. The average molecular weight is 469 g/mol. The Morgan fingerprint density at radius 3 is 2.63 bits per heavy atom. The van der Waals surface area contributed by atoms with Crippen LogP contribution in [0, 0.1) is 12.3 Å². The van der Waals surface area contributed by atoms with E-state index in [0.717, 1.165) is 48.8 Å². The molecule has 1 saturated heterocycles. The van der Waals surface area contributed by atoms with E-state index in [4.69, 9.17) is 38.9 Å². The third kappa shape index (κ3) is 4.16. The fourth-order valence-corrected chi connectivity index (χ4v) is 6.01. The normalized spacial score (nSPS) is 23.3. The zero-order valence-electron chi connectivity index (χ0n) is 16.8. The maximum Gasteiger partial charge on any atom is 0.153 e. The second-order valence-electron chi connectivity index (χ2n) is 8.25. The number of aliphatic hydroxyl groups is 2. The minimum atomic E-state index is -0.295. The predicted octanol–water partition coefficient (Wildman–Crippen LogP) is 3.80. The summed E-state index contributed by atoms with van der Waals surface area (Å²) in [6.07, 6.45) is 2.97. The molecule has 4 rings (SSSR count). The van der Waals surface area contributed by atoms with Crippen LogP contribution in [0.4, 0.5) is 5.82 Å². The molecule has 2 fully saturated rings. The average Bonchev–Trinajstić information content (AvgIpc) is 2.99. The first-order valence-corrected chi connectivity index (χ1v) is 11.7. The minimum absolute atomic E-state index is 0.0108. The van der Waals surface area contributed by atoms with Gasteiger partial charge in [-0.25, -0.2) is 9.97 Å². The lowest BCUT2D eigenvalue weighted by molar-refractivity contribution is 0.141. The van der Waals surface area contributed by atoms with E-state index in [1.807, 2.05) is 19.1 Å². The predicted molar refractivity (Wildman–Crippen MR) is 120 cm³/mol. The van der Waals surface area contributed by atoms with Crippen LogP contribution < -0.4 is 10.6 Å². The van der Waals surface area contributed by atoms with Gasteiger partial charge in [-0.15, -0.1) is 0 Å². The molecule has 4 N–H and O–H groups in total. The van der Waals surface area contributed by atoms with Gasteiger partial charge in [0.1, 0.15) is 10.7 Å². The molecule has 6 nitrogen and oxygen atoms in total. The summed E-state index contributed by atoms with van der Waals surface area (Å²) in [6, 6.07) is 5.51. The van der Waals surface area contributed by atoms with E-state index in [-0.39, 0.29) is 24.2 Å². The van der Waals surface area contributed by atoms with E-state index >= 15 is 0 Å². The van der Waals surface area contributed by atoms with Gasteiger partial charge in [-0.05, 0) is 50.2 Å². The van der Waals surface area contributed by atoms with Gasteiger partial charge in [0.05, 0.1) is 28.5 Å². The van der Waals surface area contributed by atoms with Crippen molar-refractivity contribution >= 4 is 40.8 Å². The Balaban J connectivity index is 1.55. The number of anilines is 1. The van der Waals surface area contributed by atoms with Gasteiger partial charge in [-0.2, -0.15) is 0 Å². The van der Waals surface area contributed by atoms with Crippen molar-refractivity contribution in [3.63, 3.8) is 0 Å². The van der Waals surface area contributed by atoms with Crippen molar-refractivity contribution in [3.8, 4) is 0 Å². The molecular formula is C21H26Cl2N4O2S. The summed E-state index contributed by atoms with van der Waals surface area (Å²) in [7, 11) is 0. The Hall–Kier alpha value is -1.09. The van der Waals surface area contributed by atoms with Crippen LogP contribution in [-0.4, -0.2) is 45.4 Å². The van der Waals surface area contributed by atoms with Gasteiger partial charge in [0.15, 0.2) is 5.82 Å². The quantitative estimate of drug-likeness (QED) is 0.627. The molecule has 1 spiro atoms. The molecule has 1 aromatic heterocycles. The molecule has 9 heteroatoms. The van der Waals surface area contributed by atoms with Crippen molar-refractivity contribution in [2.24, 2.45) is 11.1 Å². The molecule has 1 aliphatic heterocycles. The van der Waals surface area contributed by atoms with E-state index in [1.165, 1.54) is 11.8 Å². The Kier molecular flexibility index (Phi) is 6.49. The second kappa shape index (κ2) is 8.81. The maximum absolute atomic E-state index is 10.0. The SMILES string of the molecule is Cc1nc(N2CCC3(CC2)C[C@H](O)C[C@H]3N)c(CO)nc1Sc1cccc(Cl)c1Cl. The zero-order chi connectivity index (χ0) is 21.5. The number of piperidine rings is 1. The summed E-state index contributed by atoms with van der Waals surface area (Å²) < 4.78 is 0. The van der Waals surface area contributed by atoms with Crippen LogP contribution in [0.3, 0.4) is 0 Å². The van der Waals surface area contributed by atoms with E-state index in [2.05, 4.69) is 4.90 Å². The summed E-state index contributed by atoms with van der Waals surface area (Å²) in [5, 5.41) is 21.7. The molecule has 162 valence electrons. The van der Waals surface area contributed by atoms with Crippen LogP contribution in [-0.2, 0) is 6.61 Å². The summed E-state index contributed by atoms with van der Waals surface area (Å²) in [5.74, 6) is 0.721. The standard InChI is InChI=1S/C21H26Cl2N4O2S/c1-12-20(30-16-4-2-3-14(22)18(16)23)26-15(11-28)19(25-12)27-7-5-21(6-8-27)10-13(29)9-17(21)24/h2-4,13,17,28-29H,5-11,24H2,1H3/t13-,17-/m1/s1. The molecule has 2 atom stereocenters. The first-order chi connectivity index (χ1) is 14.3. The molecule has 0 radical (unpaired) electrons. The van der Waals surface area contributed by atoms with Gasteiger partial charge >= 0.3 is 0 Å². The van der Waals surface area contributed by atoms with Crippen molar-refractivity contribution in [1.82, 2.24) is 9.97 Å². The molecule has 2 aliphatic rings. The Bertz CT molecular complexity index is 937. The number of rotatable bonds is 4. The van der Waals surface area contributed by atoms with Crippen LogP contribution in [0.15, 0.2) is 28.1 Å². The van der Waals surface area contributed by atoms with E-state index in [0.29, 0.717) is 27.2 Å². The van der Waals surface area contributed by atoms with Crippen molar-refractivity contribution < 1.29 is 10.2 Å². The van der Waals surface area contributed by atoms with Gasteiger partial charge in [-0.3, -0.25) is 0 Å². The van der Waals surface area contributed by atoms with Crippen LogP contribution in [0.2, 0.25) is 10.0 Å². The highest BCUT2D eigenvalue weighted by atomic mass is 35.5. The van der Waals surface area contributed by atoms with E-state index < -0.39 is 0 Å². The largest absolute Gasteiger partial charge is 0.393 e. The minimum Gasteiger partial charge on any atom is -0.393 e. The molecule has 0 unspecified atom stereocenters. The number of aryl methyl sites for hydroxylation is 1. The Labute approximate surface area is 190 Å². The summed E-state index contributed by atoms with van der Waals surface area (Å²) in [4.78, 5) is 12.5. The van der Waals surface area contributed by atoms with Crippen LogP contribution in [0.25, 0.3) is 0 Å². The summed E-state index contributed by atoms with van der Waals surface area (Å²) in [5.41, 5.74) is 7.68. The first kappa shape index (κ1) is 22.1. The second-order valence-corrected chi connectivity index (χ2v) is 10.1. The molecule has 30 heavy (non-hydrogen) atoms. The van der Waals surface area contributed by atoms with Crippen molar-refractivity contribution in [2.45, 2.75) is 61.3 Å². The summed E-state index contributed by atoms with van der Waals surface area (Å²) in [6.45, 7) is 3.29. The first-order valence-electron chi connectivity index (χ1n) is 10.1. The number of nitrogens with zero attached hydrogens (tertiary/aromatic N) is 3. The van der Waals surface area contributed by atoms with Gasteiger partial charge in [-0.1, -0.05) is 41.0 Å². The Morgan fingerprint density at radius 1 is 1.27 bits per heavy atom. The molecule has 0 amide bonds. The van der Waals surface area contributed by atoms with Gasteiger partial charge in [0, 0.05) is 24.0 Å². The molecular weight excluding hydrogens is 443 g/mol.